The molecule has 0 bridgehead atoms. The van der Waals surface area contributed by atoms with Crippen LogP contribution in [-0.2, 0) is 0 Å². The van der Waals surface area contributed by atoms with Crippen LogP contribution in [0.1, 0.15) is 11.1 Å². The molecule has 0 radical (unpaired) electrons. The van der Waals surface area contributed by atoms with Crippen molar-refractivity contribution >= 4 is 21.5 Å². The zero-order chi connectivity index (χ0) is 33.6. The molecular weight excluding hydrogens is 617 g/mol. The second-order valence-electron chi connectivity index (χ2n) is 12.6. The van der Waals surface area contributed by atoms with Crippen LogP contribution in [-0.4, -0.2) is 20.4 Å². The highest BCUT2D eigenvalue weighted by Crippen LogP contribution is 2.44. The maximum Gasteiger partial charge on any atom is 0.248 e. The minimum absolute atomic E-state index is 0.493. The number of nitrogens with zero attached hydrogens (tertiary/aromatic N) is 4. The van der Waals surface area contributed by atoms with E-state index in [1.807, 2.05) is 48.5 Å². The predicted molar refractivity (Wildman–Crippen MR) is 199 cm³/mol. The summed E-state index contributed by atoms with van der Waals surface area (Å²) in [6, 6.07) is 50.2. The Bertz CT molecular complexity index is 2390. The minimum atomic E-state index is 0.493. The van der Waals surface area contributed by atoms with Gasteiger partial charge in [0.05, 0.1) is 0 Å². The first-order valence-corrected chi connectivity index (χ1v) is 16.6. The number of fused-ring (bicyclic) bond motifs is 2. The van der Waals surface area contributed by atoms with Gasteiger partial charge in [0.1, 0.15) is 0 Å². The molecule has 0 aliphatic heterocycles. The summed E-state index contributed by atoms with van der Waals surface area (Å²) < 4.78 is 12.1. The van der Waals surface area contributed by atoms with E-state index in [9.17, 15) is 0 Å². The topological polar surface area (TPSA) is 77.8 Å². The van der Waals surface area contributed by atoms with Gasteiger partial charge >= 0.3 is 0 Å². The van der Waals surface area contributed by atoms with Crippen LogP contribution in [0.3, 0.4) is 0 Å². The SMILES string of the molecule is Cc1ccc(-c2nnc(-c3ccc(-c4c5ccccc5c(-c5ccc(-c6nnc(-c7ccc(C)cc7)o6)cc5)c5ccccc45)cc3)o2)cc1. The average Bonchev–Trinajstić information content (AvgIpc) is 3.86. The summed E-state index contributed by atoms with van der Waals surface area (Å²) in [6.07, 6.45) is 0. The van der Waals surface area contributed by atoms with Crippen molar-refractivity contribution in [3.8, 4) is 68.1 Å². The van der Waals surface area contributed by atoms with E-state index in [0.29, 0.717) is 23.6 Å². The van der Waals surface area contributed by atoms with E-state index in [1.165, 1.54) is 43.8 Å². The number of hydrogen-bond donors (Lipinski definition) is 0. The smallest absolute Gasteiger partial charge is 0.248 e. The number of aryl methyl sites for hydroxylation is 2. The summed E-state index contributed by atoms with van der Waals surface area (Å²) in [5.74, 6) is 2.00. The van der Waals surface area contributed by atoms with E-state index < -0.39 is 0 Å². The molecule has 9 aromatic rings. The Morgan fingerprint density at radius 3 is 0.820 bits per heavy atom. The Kier molecular flexibility index (Phi) is 7.13. The van der Waals surface area contributed by atoms with Gasteiger partial charge in [0, 0.05) is 22.3 Å². The molecular formula is C44H30N4O2. The van der Waals surface area contributed by atoms with Crippen LogP contribution < -0.4 is 0 Å². The molecule has 0 amide bonds. The maximum atomic E-state index is 6.07. The van der Waals surface area contributed by atoms with Crippen LogP contribution in [0, 0.1) is 13.8 Å². The highest BCUT2D eigenvalue weighted by atomic mass is 16.4. The lowest BCUT2D eigenvalue weighted by atomic mass is 9.85. The molecule has 2 heterocycles. The molecule has 0 spiro atoms. The molecule has 6 nitrogen and oxygen atoms in total. The van der Waals surface area contributed by atoms with Gasteiger partial charge in [-0.25, -0.2) is 0 Å². The summed E-state index contributed by atoms with van der Waals surface area (Å²) in [5, 5.41) is 22.0. The lowest BCUT2D eigenvalue weighted by molar-refractivity contribution is 0.584. The van der Waals surface area contributed by atoms with Crippen LogP contribution in [0.5, 0.6) is 0 Å². The van der Waals surface area contributed by atoms with Crippen molar-refractivity contribution in [1.82, 2.24) is 20.4 Å². The number of benzene rings is 7. The lowest BCUT2D eigenvalue weighted by Crippen LogP contribution is -1.91. The van der Waals surface area contributed by atoms with Crippen LogP contribution in [0.4, 0.5) is 0 Å². The van der Waals surface area contributed by atoms with Crippen molar-refractivity contribution < 1.29 is 8.83 Å². The molecule has 2 aromatic heterocycles. The Balaban J connectivity index is 1.09. The maximum absolute atomic E-state index is 6.07. The molecule has 7 aromatic carbocycles. The normalized spacial score (nSPS) is 11.4. The highest BCUT2D eigenvalue weighted by Gasteiger charge is 2.18. The summed E-state index contributed by atoms with van der Waals surface area (Å²) in [6.45, 7) is 4.12. The first-order valence-electron chi connectivity index (χ1n) is 16.6. The fraction of sp³-hybridized carbons (Fsp3) is 0.0455. The van der Waals surface area contributed by atoms with Gasteiger partial charge < -0.3 is 8.83 Å². The Morgan fingerprint density at radius 1 is 0.300 bits per heavy atom. The molecule has 238 valence electrons. The molecule has 0 atom stereocenters. The fourth-order valence-electron chi connectivity index (χ4n) is 6.61. The first-order chi connectivity index (χ1) is 24.6. The number of aromatic nitrogens is 4. The Labute approximate surface area is 288 Å². The third kappa shape index (κ3) is 5.24. The molecule has 0 saturated carbocycles. The number of rotatable bonds is 6. The van der Waals surface area contributed by atoms with Gasteiger partial charge in [-0.05, 0) is 106 Å². The lowest BCUT2D eigenvalue weighted by Gasteiger charge is -2.18. The van der Waals surface area contributed by atoms with Crippen LogP contribution >= 0.6 is 0 Å². The molecule has 0 N–H and O–H groups in total. The van der Waals surface area contributed by atoms with E-state index >= 15 is 0 Å². The molecule has 50 heavy (non-hydrogen) atoms. The second kappa shape index (κ2) is 12.1. The fourth-order valence-corrected chi connectivity index (χ4v) is 6.61. The Morgan fingerprint density at radius 2 is 0.540 bits per heavy atom. The van der Waals surface area contributed by atoms with Crippen molar-refractivity contribution in [3.63, 3.8) is 0 Å². The van der Waals surface area contributed by atoms with Gasteiger partial charge in [0.25, 0.3) is 0 Å². The van der Waals surface area contributed by atoms with Crippen LogP contribution in [0.25, 0.3) is 89.6 Å². The molecule has 0 aliphatic carbocycles. The molecule has 9 rings (SSSR count). The van der Waals surface area contributed by atoms with E-state index in [4.69, 9.17) is 8.83 Å². The van der Waals surface area contributed by atoms with E-state index in [1.54, 1.807) is 0 Å². The minimum Gasteiger partial charge on any atom is -0.416 e. The van der Waals surface area contributed by atoms with Crippen LogP contribution in [0.15, 0.2) is 154 Å². The zero-order valence-electron chi connectivity index (χ0n) is 27.5. The van der Waals surface area contributed by atoms with Crippen molar-refractivity contribution in [2.75, 3.05) is 0 Å². The Hall–Kier alpha value is -6.66. The van der Waals surface area contributed by atoms with E-state index in [0.717, 1.165) is 33.4 Å². The third-order valence-electron chi connectivity index (χ3n) is 9.22. The van der Waals surface area contributed by atoms with Gasteiger partial charge in [0.15, 0.2) is 0 Å². The van der Waals surface area contributed by atoms with Gasteiger partial charge in [0.2, 0.25) is 23.6 Å². The van der Waals surface area contributed by atoms with Crippen molar-refractivity contribution in [1.29, 1.82) is 0 Å². The second-order valence-corrected chi connectivity index (χ2v) is 12.6. The largest absolute Gasteiger partial charge is 0.416 e. The molecule has 0 saturated heterocycles. The van der Waals surface area contributed by atoms with Gasteiger partial charge in [-0.15, -0.1) is 20.4 Å². The summed E-state index contributed by atoms with van der Waals surface area (Å²) in [5.41, 5.74) is 10.5. The quantitative estimate of drug-likeness (QED) is 0.167. The third-order valence-corrected chi connectivity index (χ3v) is 9.22. The number of hydrogen-bond acceptors (Lipinski definition) is 6. The van der Waals surface area contributed by atoms with E-state index in [2.05, 4.69) is 131 Å². The standard InChI is InChI=1S/C44H30N4O2/c1-27-11-15-31(16-12-27)41-45-47-43(49-41)33-23-19-29(20-24-33)39-35-7-3-5-9-37(35)40(38-10-6-4-8-36(38)39)30-21-25-34(26-22-30)44-48-46-42(50-44)32-17-13-28(2)14-18-32/h3-26H,1-2H3. The summed E-state index contributed by atoms with van der Waals surface area (Å²) in [7, 11) is 0. The summed E-state index contributed by atoms with van der Waals surface area (Å²) in [4.78, 5) is 0. The van der Waals surface area contributed by atoms with Gasteiger partial charge in [-0.2, -0.15) is 0 Å². The molecule has 0 fully saturated rings. The average molecular weight is 647 g/mol. The molecule has 0 aliphatic rings. The monoisotopic (exact) mass is 646 g/mol. The predicted octanol–water partition coefficient (Wildman–Crippen LogP) is 11.4. The molecule has 0 unspecified atom stereocenters. The first kappa shape index (κ1) is 29.5. The van der Waals surface area contributed by atoms with Gasteiger partial charge in [-0.3, -0.25) is 0 Å². The summed E-state index contributed by atoms with van der Waals surface area (Å²) >= 11 is 0. The van der Waals surface area contributed by atoms with Crippen molar-refractivity contribution in [2.24, 2.45) is 0 Å². The van der Waals surface area contributed by atoms with Crippen molar-refractivity contribution in [3.05, 3.63) is 157 Å². The zero-order valence-corrected chi connectivity index (χ0v) is 27.5. The highest BCUT2D eigenvalue weighted by molar-refractivity contribution is 6.21. The van der Waals surface area contributed by atoms with Crippen molar-refractivity contribution in [2.45, 2.75) is 13.8 Å². The van der Waals surface area contributed by atoms with Gasteiger partial charge in [-0.1, -0.05) is 108 Å². The van der Waals surface area contributed by atoms with Crippen LogP contribution in [0.2, 0.25) is 0 Å². The molecule has 6 heteroatoms. The van der Waals surface area contributed by atoms with E-state index in [-0.39, 0.29) is 0 Å².